The number of ether oxygens (including phenoxy) is 1. The standard InChI is InChI=1S/C15H16F5NO6/c1-13(26,15(18,19)20)11(24)21-9-4-2-8(3-5-9)14(16,17)12(25)27-7-10(23)6-22/h2-5,10,22-23,26H,6-7H2,1H3,(H,21,24). The summed E-state index contributed by atoms with van der Waals surface area (Å²) in [5, 5.41) is 28.4. The highest BCUT2D eigenvalue weighted by atomic mass is 19.4. The lowest BCUT2D eigenvalue weighted by molar-refractivity contribution is -0.242. The Labute approximate surface area is 149 Å². The van der Waals surface area contributed by atoms with Crippen LogP contribution in [0.3, 0.4) is 0 Å². The molecule has 0 bridgehead atoms. The van der Waals surface area contributed by atoms with Crippen LogP contribution in [-0.4, -0.2) is 58.3 Å². The summed E-state index contributed by atoms with van der Waals surface area (Å²) in [6.07, 6.45) is -6.80. The maximum Gasteiger partial charge on any atom is 0.426 e. The predicted molar refractivity (Wildman–Crippen MR) is 79.7 cm³/mol. The topological polar surface area (TPSA) is 116 Å². The van der Waals surface area contributed by atoms with Gasteiger partial charge in [-0.3, -0.25) is 4.79 Å². The molecule has 0 aliphatic carbocycles. The number of rotatable bonds is 7. The smallest absolute Gasteiger partial charge is 0.426 e. The fourth-order valence-corrected chi connectivity index (χ4v) is 1.58. The number of halogens is 5. The second-order valence-electron chi connectivity index (χ2n) is 5.61. The van der Waals surface area contributed by atoms with Crippen molar-refractivity contribution in [2.45, 2.75) is 30.7 Å². The van der Waals surface area contributed by atoms with Crippen LogP contribution in [0, 0.1) is 0 Å². The minimum atomic E-state index is -5.26. The number of aliphatic hydroxyl groups excluding tert-OH is 2. The minimum absolute atomic E-state index is 0.224. The van der Waals surface area contributed by atoms with Crippen molar-refractivity contribution in [1.29, 1.82) is 0 Å². The van der Waals surface area contributed by atoms with Crippen LogP contribution in [0.15, 0.2) is 24.3 Å². The van der Waals surface area contributed by atoms with E-state index in [0.29, 0.717) is 12.1 Å². The van der Waals surface area contributed by atoms with Crippen LogP contribution in [-0.2, 0) is 20.2 Å². The molecule has 2 unspecified atom stereocenters. The molecule has 1 rings (SSSR count). The van der Waals surface area contributed by atoms with Gasteiger partial charge in [0.05, 0.1) is 6.61 Å². The molecule has 0 radical (unpaired) electrons. The number of hydrogen-bond acceptors (Lipinski definition) is 6. The van der Waals surface area contributed by atoms with Gasteiger partial charge in [-0.2, -0.15) is 22.0 Å². The number of nitrogens with one attached hydrogen (secondary N) is 1. The van der Waals surface area contributed by atoms with Crippen molar-refractivity contribution < 1.29 is 51.6 Å². The molecule has 0 heterocycles. The molecule has 0 saturated carbocycles. The van der Waals surface area contributed by atoms with Gasteiger partial charge in [-0.15, -0.1) is 0 Å². The molecule has 0 aliphatic rings. The Bertz CT molecular complexity index is 674. The van der Waals surface area contributed by atoms with Gasteiger partial charge in [-0.05, 0) is 19.1 Å². The van der Waals surface area contributed by atoms with E-state index < -0.39 is 54.5 Å². The van der Waals surface area contributed by atoms with Crippen molar-refractivity contribution in [3.05, 3.63) is 29.8 Å². The fraction of sp³-hybridized carbons (Fsp3) is 0.467. The molecule has 1 aromatic carbocycles. The first-order valence-electron chi connectivity index (χ1n) is 7.28. The van der Waals surface area contributed by atoms with Gasteiger partial charge in [0, 0.05) is 11.3 Å². The van der Waals surface area contributed by atoms with E-state index in [2.05, 4.69) is 4.74 Å². The lowest BCUT2D eigenvalue weighted by atomic mass is 10.0. The first-order chi connectivity index (χ1) is 12.2. The average molecular weight is 401 g/mol. The highest BCUT2D eigenvalue weighted by molar-refractivity contribution is 5.97. The second kappa shape index (κ2) is 8.15. The van der Waals surface area contributed by atoms with Crippen molar-refractivity contribution in [3.63, 3.8) is 0 Å². The number of aliphatic hydroxyl groups is 3. The molecule has 1 amide bonds. The number of anilines is 1. The summed E-state index contributed by atoms with van der Waals surface area (Å²) in [6, 6.07) is 2.90. The molecule has 0 spiro atoms. The average Bonchev–Trinajstić information content (AvgIpc) is 2.58. The summed E-state index contributed by atoms with van der Waals surface area (Å²) in [6.45, 7) is -1.46. The zero-order valence-corrected chi connectivity index (χ0v) is 13.8. The number of esters is 1. The van der Waals surface area contributed by atoms with E-state index in [1.54, 1.807) is 5.32 Å². The number of hydrogen-bond donors (Lipinski definition) is 4. The first kappa shape index (κ1) is 22.7. The van der Waals surface area contributed by atoms with Crippen molar-refractivity contribution >= 4 is 17.6 Å². The van der Waals surface area contributed by atoms with Crippen LogP contribution in [0.25, 0.3) is 0 Å². The van der Waals surface area contributed by atoms with Crippen LogP contribution in [0.2, 0.25) is 0 Å². The number of carbonyl (C=O) groups is 2. The Hall–Kier alpha value is -2.31. The van der Waals surface area contributed by atoms with Crippen LogP contribution >= 0.6 is 0 Å². The van der Waals surface area contributed by atoms with Crippen molar-refractivity contribution in [2.75, 3.05) is 18.5 Å². The third-order valence-corrected chi connectivity index (χ3v) is 3.37. The Kier molecular flexibility index (Phi) is 6.86. The van der Waals surface area contributed by atoms with Gasteiger partial charge < -0.3 is 25.4 Å². The molecule has 0 aliphatic heterocycles. The number of amides is 1. The highest BCUT2D eigenvalue weighted by Gasteiger charge is 2.55. The molecular weight excluding hydrogens is 385 g/mol. The molecule has 0 saturated heterocycles. The molecule has 2 atom stereocenters. The molecule has 7 nitrogen and oxygen atoms in total. The van der Waals surface area contributed by atoms with Gasteiger partial charge in [0.25, 0.3) is 5.91 Å². The van der Waals surface area contributed by atoms with E-state index in [1.807, 2.05) is 0 Å². The SMILES string of the molecule is CC(O)(C(=O)Nc1ccc(C(F)(F)C(=O)OCC(O)CO)cc1)C(F)(F)F. The van der Waals surface area contributed by atoms with E-state index in [1.165, 1.54) is 0 Å². The van der Waals surface area contributed by atoms with Crippen molar-refractivity contribution in [3.8, 4) is 0 Å². The number of carbonyl (C=O) groups excluding carboxylic acids is 2. The molecule has 1 aromatic rings. The molecule has 0 fully saturated rings. The summed E-state index contributed by atoms with van der Waals surface area (Å²) in [7, 11) is 0. The second-order valence-corrected chi connectivity index (χ2v) is 5.61. The molecule has 27 heavy (non-hydrogen) atoms. The summed E-state index contributed by atoms with van der Waals surface area (Å²) in [5.41, 5.74) is -4.94. The van der Waals surface area contributed by atoms with Crippen LogP contribution < -0.4 is 5.32 Å². The Morgan fingerprint density at radius 1 is 1.15 bits per heavy atom. The lowest BCUT2D eigenvalue weighted by Gasteiger charge is -2.25. The van der Waals surface area contributed by atoms with Crippen LogP contribution in [0.4, 0.5) is 27.6 Å². The third kappa shape index (κ3) is 5.34. The van der Waals surface area contributed by atoms with Crippen LogP contribution in [0.5, 0.6) is 0 Å². The van der Waals surface area contributed by atoms with E-state index >= 15 is 0 Å². The number of benzene rings is 1. The molecule has 152 valence electrons. The lowest BCUT2D eigenvalue weighted by Crippen LogP contribution is -2.52. The normalized spacial score (nSPS) is 15.6. The van der Waals surface area contributed by atoms with E-state index in [0.717, 1.165) is 12.1 Å². The summed E-state index contributed by atoms with van der Waals surface area (Å²) < 4.78 is 69.7. The maximum atomic E-state index is 13.9. The van der Waals surface area contributed by atoms with Gasteiger partial charge in [-0.25, -0.2) is 4.79 Å². The van der Waals surface area contributed by atoms with Gasteiger partial charge >= 0.3 is 18.1 Å². The molecule has 4 N–H and O–H groups in total. The fourth-order valence-electron chi connectivity index (χ4n) is 1.58. The Morgan fingerprint density at radius 3 is 2.11 bits per heavy atom. The number of alkyl halides is 5. The molecular formula is C15H16F5NO6. The van der Waals surface area contributed by atoms with Gasteiger partial charge in [-0.1, -0.05) is 12.1 Å². The zero-order valence-electron chi connectivity index (χ0n) is 13.8. The third-order valence-electron chi connectivity index (χ3n) is 3.37. The zero-order chi connectivity index (χ0) is 21.0. The summed E-state index contributed by atoms with van der Waals surface area (Å²) >= 11 is 0. The quantitative estimate of drug-likeness (QED) is 0.399. The van der Waals surface area contributed by atoms with Crippen LogP contribution in [0.1, 0.15) is 12.5 Å². The highest BCUT2D eigenvalue weighted by Crippen LogP contribution is 2.32. The summed E-state index contributed by atoms with van der Waals surface area (Å²) in [5.74, 6) is -8.01. The monoisotopic (exact) mass is 401 g/mol. The predicted octanol–water partition coefficient (Wildman–Crippen LogP) is 0.927. The van der Waals surface area contributed by atoms with E-state index in [-0.39, 0.29) is 12.6 Å². The summed E-state index contributed by atoms with van der Waals surface area (Å²) in [4.78, 5) is 22.9. The van der Waals surface area contributed by atoms with Gasteiger partial charge in [0.2, 0.25) is 5.60 Å². The largest absolute Gasteiger partial charge is 0.458 e. The minimum Gasteiger partial charge on any atom is -0.458 e. The van der Waals surface area contributed by atoms with E-state index in [4.69, 9.17) is 10.2 Å². The van der Waals surface area contributed by atoms with Crippen molar-refractivity contribution in [2.24, 2.45) is 0 Å². The molecule has 12 heteroatoms. The van der Waals surface area contributed by atoms with E-state index in [9.17, 15) is 36.6 Å². The van der Waals surface area contributed by atoms with Gasteiger partial charge in [0.1, 0.15) is 12.7 Å². The Morgan fingerprint density at radius 2 is 1.67 bits per heavy atom. The first-order valence-corrected chi connectivity index (χ1v) is 7.28. The van der Waals surface area contributed by atoms with Crippen molar-refractivity contribution in [1.82, 2.24) is 0 Å². The van der Waals surface area contributed by atoms with Gasteiger partial charge in [0.15, 0.2) is 0 Å². The maximum absolute atomic E-state index is 13.9. The Balaban J connectivity index is 2.86. The molecule has 0 aromatic heterocycles.